The summed E-state index contributed by atoms with van der Waals surface area (Å²) in [7, 11) is 0. The molecule has 0 aromatic heterocycles. The molecule has 0 amide bonds. The molecule has 2 aliphatic rings. The summed E-state index contributed by atoms with van der Waals surface area (Å²) in [5, 5.41) is 11.8. The highest BCUT2D eigenvalue weighted by Gasteiger charge is 2.36. The number of hydrogen-bond donors (Lipinski definition) is 1. The van der Waals surface area contributed by atoms with Crippen LogP contribution in [0.15, 0.2) is 5.16 Å². The Kier molecular flexibility index (Phi) is 1.01. The van der Waals surface area contributed by atoms with Gasteiger partial charge in [-0.15, -0.1) is 0 Å². The molecule has 1 N–H and O–H groups in total. The lowest BCUT2D eigenvalue weighted by atomic mass is 9.99. The third-order valence-electron chi connectivity index (χ3n) is 2.64. The minimum absolute atomic E-state index is 0.653. The Morgan fingerprint density at radius 3 is 2.67 bits per heavy atom. The fourth-order valence-corrected chi connectivity index (χ4v) is 2.15. The lowest BCUT2D eigenvalue weighted by Gasteiger charge is -2.08. The molecule has 2 rings (SSSR count). The largest absolute Gasteiger partial charge is 0.411 e. The van der Waals surface area contributed by atoms with Crippen molar-refractivity contribution >= 4 is 5.71 Å². The van der Waals surface area contributed by atoms with Crippen LogP contribution in [-0.4, -0.2) is 10.9 Å². The first kappa shape index (κ1) is 5.27. The maximum Gasteiger partial charge on any atom is 0.0604 e. The van der Waals surface area contributed by atoms with E-state index in [-0.39, 0.29) is 0 Å². The minimum atomic E-state index is 0.653. The summed E-state index contributed by atoms with van der Waals surface area (Å²) < 4.78 is 0. The molecule has 0 unspecified atom stereocenters. The second-order valence-electron chi connectivity index (χ2n) is 3.17. The van der Waals surface area contributed by atoms with Crippen LogP contribution in [-0.2, 0) is 0 Å². The van der Waals surface area contributed by atoms with Crippen LogP contribution in [0, 0.1) is 11.8 Å². The van der Waals surface area contributed by atoms with Crippen molar-refractivity contribution in [2.24, 2.45) is 17.0 Å². The van der Waals surface area contributed by atoms with Crippen molar-refractivity contribution in [1.82, 2.24) is 0 Å². The van der Waals surface area contributed by atoms with Crippen LogP contribution in [0.3, 0.4) is 0 Å². The summed E-state index contributed by atoms with van der Waals surface area (Å²) in [4.78, 5) is 0. The van der Waals surface area contributed by atoms with Crippen molar-refractivity contribution < 1.29 is 5.21 Å². The van der Waals surface area contributed by atoms with E-state index in [0.29, 0.717) is 5.92 Å². The van der Waals surface area contributed by atoms with Crippen molar-refractivity contribution in [3.8, 4) is 0 Å². The van der Waals surface area contributed by atoms with E-state index < -0.39 is 0 Å². The van der Waals surface area contributed by atoms with E-state index in [1.807, 2.05) is 0 Å². The van der Waals surface area contributed by atoms with Gasteiger partial charge < -0.3 is 5.21 Å². The lowest BCUT2D eigenvalue weighted by Crippen LogP contribution is -2.08. The first-order valence-corrected chi connectivity index (χ1v) is 3.61. The highest BCUT2D eigenvalue weighted by atomic mass is 16.4. The fraction of sp³-hybridized carbons (Fsp3) is 0.857. The second-order valence-corrected chi connectivity index (χ2v) is 3.17. The molecular formula is C7H11NO. The molecule has 2 fully saturated rings. The van der Waals surface area contributed by atoms with E-state index in [1.165, 1.54) is 19.3 Å². The van der Waals surface area contributed by atoms with Crippen LogP contribution in [0.4, 0.5) is 0 Å². The zero-order valence-corrected chi connectivity index (χ0v) is 5.38. The summed E-state index contributed by atoms with van der Waals surface area (Å²) in [6.45, 7) is 0. The zero-order chi connectivity index (χ0) is 6.27. The topological polar surface area (TPSA) is 32.6 Å². The molecule has 2 atom stereocenters. The normalized spacial score (nSPS) is 44.7. The fourth-order valence-electron chi connectivity index (χ4n) is 2.15. The highest BCUT2D eigenvalue weighted by molar-refractivity contribution is 5.89. The van der Waals surface area contributed by atoms with Crippen LogP contribution in [0.2, 0.25) is 0 Å². The van der Waals surface area contributed by atoms with E-state index in [2.05, 4.69) is 5.16 Å². The van der Waals surface area contributed by atoms with Gasteiger partial charge in [0.15, 0.2) is 0 Å². The predicted molar refractivity (Wildman–Crippen MR) is 34.7 cm³/mol. The van der Waals surface area contributed by atoms with Gasteiger partial charge in [-0.1, -0.05) is 5.16 Å². The highest BCUT2D eigenvalue weighted by Crippen LogP contribution is 2.42. The Hall–Kier alpha value is -0.530. The third kappa shape index (κ3) is 0.655. The quantitative estimate of drug-likeness (QED) is 0.387. The summed E-state index contributed by atoms with van der Waals surface area (Å²) in [5.74, 6) is 1.51. The van der Waals surface area contributed by atoms with Crippen molar-refractivity contribution in [2.75, 3.05) is 0 Å². The summed E-state index contributed by atoms with van der Waals surface area (Å²) in [6.07, 6.45) is 4.99. The van der Waals surface area contributed by atoms with Crippen LogP contribution < -0.4 is 0 Å². The SMILES string of the molecule is O/N=C1/C[C@@H]2CC[C@@H]1C2. The number of hydrogen-bond acceptors (Lipinski definition) is 2. The van der Waals surface area contributed by atoms with Gasteiger partial charge in [0.05, 0.1) is 5.71 Å². The molecule has 0 saturated heterocycles. The molecule has 0 radical (unpaired) electrons. The van der Waals surface area contributed by atoms with E-state index >= 15 is 0 Å². The van der Waals surface area contributed by atoms with Gasteiger partial charge in [-0.2, -0.15) is 0 Å². The number of nitrogens with zero attached hydrogens (tertiary/aromatic N) is 1. The Balaban J connectivity index is 2.18. The lowest BCUT2D eigenvalue weighted by molar-refractivity contribution is 0.313. The van der Waals surface area contributed by atoms with E-state index in [9.17, 15) is 0 Å². The van der Waals surface area contributed by atoms with Crippen LogP contribution in [0.1, 0.15) is 25.7 Å². The molecule has 50 valence electrons. The molecule has 0 aromatic rings. The molecule has 0 heterocycles. The average Bonchev–Trinajstić information content (AvgIpc) is 2.45. The first-order valence-electron chi connectivity index (χ1n) is 3.61. The summed E-state index contributed by atoms with van der Waals surface area (Å²) in [5.41, 5.74) is 1.06. The summed E-state index contributed by atoms with van der Waals surface area (Å²) in [6, 6.07) is 0. The molecule has 2 saturated carbocycles. The zero-order valence-electron chi connectivity index (χ0n) is 5.38. The number of oxime groups is 1. The predicted octanol–water partition coefficient (Wildman–Crippen LogP) is 1.64. The van der Waals surface area contributed by atoms with Crippen LogP contribution >= 0.6 is 0 Å². The Labute approximate surface area is 54.6 Å². The molecule has 2 bridgehead atoms. The van der Waals surface area contributed by atoms with Crippen molar-refractivity contribution in [1.29, 1.82) is 0 Å². The van der Waals surface area contributed by atoms with Gasteiger partial charge in [0, 0.05) is 5.92 Å². The van der Waals surface area contributed by atoms with Crippen LogP contribution in [0.25, 0.3) is 0 Å². The number of fused-ring (bicyclic) bond motifs is 2. The van der Waals surface area contributed by atoms with Gasteiger partial charge in [-0.3, -0.25) is 0 Å². The Morgan fingerprint density at radius 1 is 1.44 bits per heavy atom. The first-order chi connectivity index (χ1) is 4.40. The standard InChI is InChI=1S/C7H11NO/c9-8-7-4-5-1-2-6(7)3-5/h5-6,9H,1-4H2/b8-7-/t5-,6-/m1/s1. The van der Waals surface area contributed by atoms with Gasteiger partial charge in [0.25, 0.3) is 0 Å². The minimum Gasteiger partial charge on any atom is -0.411 e. The Morgan fingerprint density at radius 2 is 2.33 bits per heavy atom. The van der Waals surface area contributed by atoms with Gasteiger partial charge in [0.1, 0.15) is 0 Å². The van der Waals surface area contributed by atoms with E-state index in [0.717, 1.165) is 18.1 Å². The monoisotopic (exact) mass is 125 g/mol. The maximum absolute atomic E-state index is 8.48. The van der Waals surface area contributed by atoms with Crippen molar-refractivity contribution in [3.63, 3.8) is 0 Å². The van der Waals surface area contributed by atoms with E-state index in [4.69, 9.17) is 5.21 Å². The van der Waals surface area contributed by atoms with Gasteiger partial charge >= 0.3 is 0 Å². The molecule has 9 heavy (non-hydrogen) atoms. The Bertz CT molecular complexity index is 153. The molecule has 0 spiro atoms. The van der Waals surface area contributed by atoms with Crippen LogP contribution in [0.5, 0.6) is 0 Å². The van der Waals surface area contributed by atoms with Crippen molar-refractivity contribution in [2.45, 2.75) is 25.7 Å². The smallest absolute Gasteiger partial charge is 0.0604 e. The van der Waals surface area contributed by atoms with Gasteiger partial charge in [-0.05, 0) is 31.6 Å². The average molecular weight is 125 g/mol. The molecule has 0 aliphatic heterocycles. The molecule has 0 aromatic carbocycles. The van der Waals surface area contributed by atoms with Crippen molar-refractivity contribution in [3.05, 3.63) is 0 Å². The molecular weight excluding hydrogens is 114 g/mol. The molecule has 2 heteroatoms. The number of rotatable bonds is 0. The molecule has 2 aliphatic carbocycles. The second kappa shape index (κ2) is 1.72. The summed E-state index contributed by atoms with van der Waals surface area (Å²) >= 11 is 0. The van der Waals surface area contributed by atoms with E-state index in [1.54, 1.807) is 0 Å². The molecule has 2 nitrogen and oxygen atoms in total. The third-order valence-corrected chi connectivity index (χ3v) is 2.64. The maximum atomic E-state index is 8.48. The van der Waals surface area contributed by atoms with Gasteiger partial charge in [-0.25, -0.2) is 0 Å². The van der Waals surface area contributed by atoms with Gasteiger partial charge in [0.2, 0.25) is 0 Å².